The highest BCUT2D eigenvalue weighted by atomic mass is 16.7. The minimum atomic E-state index is -1.55. The van der Waals surface area contributed by atoms with Gasteiger partial charge in [0.25, 0.3) is 0 Å². The van der Waals surface area contributed by atoms with E-state index in [0.717, 1.165) is 0 Å². The zero-order chi connectivity index (χ0) is 24.0. The highest BCUT2D eigenvalue weighted by Gasteiger charge is 2.44. The van der Waals surface area contributed by atoms with E-state index in [1.807, 2.05) is 0 Å². The lowest BCUT2D eigenvalue weighted by atomic mass is 9.99. The van der Waals surface area contributed by atoms with Gasteiger partial charge in [-0.25, -0.2) is 0 Å². The Balaban J connectivity index is 1.44. The number of hydrogen-bond acceptors (Lipinski definition) is 11. The Kier molecular flexibility index (Phi) is 5.80. The van der Waals surface area contributed by atoms with Gasteiger partial charge >= 0.3 is 0 Å². The molecule has 0 saturated carbocycles. The molecule has 1 fully saturated rings. The molecule has 2 aromatic carbocycles. The molecule has 5 unspecified atom stereocenters. The van der Waals surface area contributed by atoms with Crippen molar-refractivity contribution < 1.29 is 48.5 Å². The number of benzene rings is 2. The largest absolute Gasteiger partial charge is 0.492 e. The maximum absolute atomic E-state index is 13.3. The molecular formula is C23H22O11. The molecule has 11 nitrogen and oxygen atoms in total. The molecule has 4 N–H and O–H groups in total. The third kappa shape index (κ3) is 3.63. The number of rotatable bonds is 5. The molecular weight excluding hydrogens is 452 g/mol. The number of fused-ring (bicyclic) bond motifs is 2. The molecule has 0 amide bonds. The minimum Gasteiger partial charge on any atom is -0.492 e. The lowest BCUT2D eigenvalue weighted by Crippen LogP contribution is -2.60. The second-order valence-corrected chi connectivity index (χ2v) is 7.83. The summed E-state index contributed by atoms with van der Waals surface area (Å²) in [6.45, 7) is -0.551. The van der Waals surface area contributed by atoms with E-state index in [-0.39, 0.29) is 40.3 Å². The average molecular weight is 474 g/mol. The number of ether oxygens (including phenoxy) is 5. The second kappa shape index (κ2) is 8.78. The SMILES string of the molecule is COc1c2c(cc3occ(-c4ccc(OC5OC(CO)C(O)C(O)C5O)cc4)c(=O)c13)OCO2. The Bertz CT molecular complexity index is 1250. The second-order valence-electron chi connectivity index (χ2n) is 7.83. The van der Waals surface area contributed by atoms with E-state index in [1.165, 1.54) is 25.5 Å². The molecule has 5 atom stereocenters. The van der Waals surface area contributed by atoms with E-state index in [1.54, 1.807) is 18.2 Å². The summed E-state index contributed by atoms with van der Waals surface area (Å²) in [4.78, 5) is 13.3. The van der Waals surface area contributed by atoms with Crippen molar-refractivity contribution in [2.45, 2.75) is 30.7 Å². The van der Waals surface area contributed by atoms with Gasteiger partial charge in [0.15, 0.2) is 11.5 Å². The molecule has 3 aromatic rings. The normalized spacial score (nSPS) is 26.0. The van der Waals surface area contributed by atoms with E-state index < -0.39 is 37.3 Å². The van der Waals surface area contributed by atoms with Gasteiger partial charge in [0.1, 0.15) is 47.4 Å². The van der Waals surface area contributed by atoms with Crippen LogP contribution in [-0.4, -0.2) is 71.6 Å². The molecule has 0 bridgehead atoms. The quantitative estimate of drug-likeness (QED) is 0.405. The summed E-state index contributed by atoms with van der Waals surface area (Å²) in [7, 11) is 1.42. The zero-order valence-corrected chi connectivity index (χ0v) is 17.9. The van der Waals surface area contributed by atoms with Gasteiger partial charge in [0.05, 0.1) is 19.3 Å². The Morgan fingerprint density at radius 1 is 1.06 bits per heavy atom. The van der Waals surface area contributed by atoms with Crippen molar-refractivity contribution in [1.82, 2.24) is 0 Å². The number of hydrogen-bond donors (Lipinski definition) is 4. The topological polar surface area (TPSA) is 157 Å². The summed E-state index contributed by atoms with van der Waals surface area (Å²) in [5.41, 5.74) is 0.747. The van der Waals surface area contributed by atoms with Gasteiger partial charge in [-0.05, 0) is 17.7 Å². The van der Waals surface area contributed by atoms with E-state index in [2.05, 4.69) is 0 Å². The molecule has 5 rings (SSSR count). The van der Waals surface area contributed by atoms with Crippen molar-refractivity contribution in [1.29, 1.82) is 0 Å². The van der Waals surface area contributed by atoms with Crippen molar-refractivity contribution in [2.75, 3.05) is 20.5 Å². The van der Waals surface area contributed by atoms with Crippen LogP contribution in [0.3, 0.4) is 0 Å². The molecule has 1 saturated heterocycles. The highest BCUT2D eigenvalue weighted by Crippen LogP contribution is 2.45. The summed E-state index contributed by atoms with van der Waals surface area (Å²) in [5, 5.41) is 39.5. The first-order chi connectivity index (χ1) is 16.4. The van der Waals surface area contributed by atoms with E-state index in [9.17, 15) is 25.2 Å². The number of aliphatic hydroxyl groups is 4. The van der Waals surface area contributed by atoms with Crippen molar-refractivity contribution in [3.05, 3.63) is 46.8 Å². The van der Waals surface area contributed by atoms with Crippen LogP contribution in [0.2, 0.25) is 0 Å². The Labute approximate surface area is 192 Å². The Hall–Kier alpha value is -3.35. The van der Waals surface area contributed by atoms with Crippen LogP contribution in [0.5, 0.6) is 23.0 Å². The highest BCUT2D eigenvalue weighted by molar-refractivity contribution is 5.91. The molecule has 0 radical (unpaired) electrons. The van der Waals surface area contributed by atoms with Gasteiger partial charge in [0, 0.05) is 6.07 Å². The van der Waals surface area contributed by atoms with Gasteiger partial charge in [-0.3, -0.25) is 4.79 Å². The van der Waals surface area contributed by atoms with Crippen LogP contribution in [0, 0.1) is 0 Å². The van der Waals surface area contributed by atoms with Gasteiger partial charge in [0.2, 0.25) is 24.3 Å². The molecule has 0 spiro atoms. The van der Waals surface area contributed by atoms with E-state index >= 15 is 0 Å². The lowest BCUT2D eigenvalue weighted by Gasteiger charge is -2.39. The number of methoxy groups -OCH3 is 1. The standard InChI is InChI=1S/C23H22O11/c1-29-22-16-13(6-14-21(22)32-9-31-14)30-8-12(17(16)25)10-2-4-11(5-3-10)33-23-20(28)19(27)18(26)15(7-24)34-23/h2-6,8,15,18-20,23-24,26-28H,7,9H2,1H3. The van der Waals surface area contributed by atoms with E-state index in [0.29, 0.717) is 17.1 Å². The van der Waals surface area contributed by atoms with Gasteiger partial charge in [-0.2, -0.15) is 0 Å². The predicted octanol–water partition coefficient (Wildman–Crippen LogP) is 0.376. The van der Waals surface area contributed by atoms with Crippen molar-refractivity contribution in [3.63, 3.8) is 0 Å². The summed E-state index contributed by atoms with van der Waals surface area (Å²) in [6.07, 6.45) is -5.64. The third-order valence-electron chi connectivity index (χ3n) is 5.83. The molecule has 2 aliphatic rings. The average Bonchev–Trinajstić information content (AvgIpc) is 3.32. The molecule has 34 heavy (non-hydrogen) atoms. The minimum absolute atomic E-state index is 0.0129. The van der Waals surface area contributed by atoms with Crippen molar-refractivity contribution >= 4 is 11.0 Å². The van der Waals surface area contributed by atoms with Crippen LogP contribution >= 0.6 is 0 Å². The van der Waals surface area contributed by atoms with Crippen LogP contribution in [0.1, 0.15) is 0 Å². The fraction of sp³-hybridized carbons (Fsp3) is 0.348. The third-order valence-corrected chi connectivity index (χ3v) is 5.83. The molecule has 2 aliphatic heterocycles. The molecule has 180 valence electrons. The first-order valence-electron chi connectivity index (χ1n) is 10.4. The predicted molar refractivity (Wildman–Crippen MR) is 115 cm³/mol. The molecule has 1 aromatic heterocycles. The Morgan fingerprint density at radius 2 is 1.82 bits per heavy atom. The molecule has 11 heteroatoms. The molecule has 0 aliphatic carbocycles. The maximum atomic E-state index is 13.3. The van der Waals surface area contributed by atoms with Crippen LogP contribution in [-0.2, 0) is 4.74 Å². The Morgan fingerprint density at radius 3 is 2.53 bits per heavy atom. The summed E-state index contributed by atoms with van der Waals surface area (Å²) in [6, 6.07) is 7.87. The van der Waals surface area contributed by atoms with Crippen LogP contribution in [0.15, 0.2) is 45.8 Å². The van der Waals surface area contributed by atoms with Gasteiger partial charge in [-0.1, -0.05) is 12.1 Å². The first-order valence-corrected chi connectivity index (χ1v) is 10.4. The van der Waals surface area contributed by atoms with Crippen LogP contribution < -0.4 is 24.4 Å². The van der Waals surface area contributed by atoms with E-state index in [4.69, 9.17) is 28.1 Å². The number of aliphatic hydroxyl groups excluding tert-OH is 4. The first kappa shape index (κ1) is 22.4. The summed E-state index contributed by atoms with van der Waals surface area (Å²) < 4.78 is 32.8. The fourth-order valence-corrected chi connectivity index (χ4v) is 4.01. The fourth-order valence-electron chi connectivity index (χ4n) is 4.01. The smallest absolute Gasteiger partial charge is 0.231 e. The lowest BCUT2D eigenvalue weighted by molar-refractivity contribution is -0.277. The summed E-state index contributed by atoms with van der Waals surface area (Å²) >= 11 is 0. The zero-order valence-electron chi connectivity index (χ0n) is 17.9. The van der Waals surface area contributed by atoms with Gasteiger partial charge in [-0.15, -0.1) is 0 Å². The van der Waals surface area contributed by atoms with Gasteiger partial charge < -0.3 is 48.5 Å². The summed E-state index contributed by atoms with van der Waals surface area (Å²) in [5.74, 6) is 1.25. The molecule has 3 heterocycles. The van der Waals surface area contributed by atoms with Crippen LogP contribution in [0.25, 0.3) is 22.1 Å². The van der Waals surface area contributed by atoms with Crippen LogP contribution in [0.4, 0.5) is 0 Å². The monoisotopic (exact) mass is 474 g/mol. The van der Waals surface area contributed by atoms with Crippen molar-refractivity contribution in [3.8, 4) is 34.1 Å². The maximum Gasteiger partial charge on any atom is 0.231 e. The van der Waals surface area contributed by atoms with Crippen molar-refractivity contribution in [2.24, 2.45) is 0 Å².